The van der Waals surface area contributed by atoms with E-state index in [0.29, 0.717) is 21.9 Å². The Bertz CT molecular complexity index is 1060. The maximum Gasteiger partial charge on any atom is 0.392 e. The van der Waals surface area contributed by atoms with Crippen LogP contribution in [0.3, 0.4) is 0 Å². The molecular weight excluding hydrogens is 493 g/mol. The molecule has 3 aromatic rings. The highest BCUT2D eigenvalue weighted by atomic mass is 32.2. The van der Waals surface area contributed by atoms with Gasteiger partial charge in [-0.25, -0.2) is 9.97 Å². The Morgan fingerprint density at radius 3 is 2.21 bits per heavy atom. The van der Waals surface area contributed by atoms with Gasteiger partial charge < -0.3 is 20.8 Å². The average molecular weight is 512 g/mol. The summed E-state index contributed by atoms with van der Waals surface area (Å²) in [5, 5.41) is 0.487. The van der Waals surface area contributed by atoms with Gasteiger partial charge in [0.15, 0.2) is 5.65 Å². The number of ether oxygens (including phenoxy) is 1. The van der Waals surface area contributed by atoms with Gasteiger partial charge >= 0.3 is 12.4 Å². The van der Waals surface area contributed by atoms with E-state index < -0.39 is 38.9 Å². The van der Waals surface area contributed by atoms with Gasteiger partial charge in [0.25, 0.3) is 0 Å². The summed E-state index contributed by atoms with van der Waals surface area (Å²) in [6, 6.07) is 7.06. The summed E-state index contributed by atoms with van der Waals surface area (Å²) >= 11 is 1.29. The van der Waals surface area contributed by atoms with Gasteiger partial charge in [0.1, 0.15) is 10.5 Å². The van der Waals surface area contributed by atoms with Crippen LogP contribution < -0.4 is 11.5 Å². The van der Waals surface area contributed by atoms with Gasteiger partial charge in [-0.1, -0.05) is 19.7 Å². The van der Waals surface area contributed by atoms with Crippen molar-refractivity contribution < 1.29 is 31.1 Å². The van der Waals surface area contributed by atoms with Crippen molar-refractivity contribution in [2.75, 3.05) is 36.7 Å². The molecule has 0 fully saturated rings. The second-order valence-electron chi connectivity index (χ2n) is 6.92. The van der Waals surface area contributed by atoms with Crippen LogP contribution >= 0.6 is 19.7 Å². The number of nitrogens with zero attached hydrogens (tertiary/aromatic N) is 4. The van der Waals surface area contributed by atoms with E-state index in [1.165, 1.54) is 18.1 Å². The SMILES string of the molecule is Nc1ccc(Sc2nc(N)nc3c2ncn3CCOCP(CC(F)(F)F)CC(F)(F)F)cc1. The Kier molecular flexibility index (Phi) is 7.91. The largest absolute Gasteiger partial charge is 0.399 e. The molecular formula is C18H19F6N6OPS. The van der Waals surface area contributed by atoms with E-state index >= 15 is 0 Å². The van der Waals surface area contributed by atoms with Crippen molar-refractivity contribution in [3.8, 4) is 0 Å². The smallest absolute Gasteiger partial charge is 0.392 e. The predicted octanol–water partition coefficient (Wildman–Crippen LogP) is 4.72. The molecule has 0 aliphatic carbocycles. The van der Waals surface area contributed by atoms with Crippen LogP contribution in [0.15, 0.2) is 40.5 Å². The molecule has 0 spiro atoms. The minimum Gasteiger partial charge on any atom is -0.399 e. The molecule has 4 N–H and O–H groups in total. The fraction of sp³-hybridized carbons (Fsp3) is 0.389. The lowest BCUT2D eigenvalue weighted by Gasteiger charge is -2.20. The molecule has 0 amide bonds. The highest BCUT2D eigenvalue weighted by Gasteiger charge is 2.38. The Balaban J connectivity index is 1.66. The normalized spacial score (nSPS) is 12.7. The zero-order valence-electron chi connectivity index (χ0n) is 16.9. The van der Waals surface area contributed by atoms with Crippen LogP contribution in [0.4, 0.5) is 38.0 Å². The molecule has 0 atom stereocenters. The molecule has 3 rings (SSSR count). The molecule has 2 aromatic heterocycles. The summed E-state index contributed by atoms with van der Waals surface area (Å²) in [5.41, 5.74) is 12.9. The first-order valence-electron chi connectivity index (χ1n) is 9.35. The molecule has 0 aliphatic rings. The lowest BCUT2D eigenvalue weighted by atomic mass is 10.3. The highest BCUT2D eigenvalue weighted by Crippen LogP contribution is 2.45. The zero-order chi connectivity index (χ0) is 24.2. The van der Waals surface area contributed by atoms with Crippen LogP contribution in [0.5, 0.6) is 0 Å². The quantitative estimate of drug-likeness (QED) is 0.141. The third kappa shape index (κ3) is 7.90. The number of alkyl halides is 6. The third-order valence-electron chi connectivity index (χ3n) is 4.10. The lowest BCUT2D eigenvalue weighted by Crippen LogP contribution is -2.22. The van der Waals surface area contributed by atoms with Crippen LogP contribution in [-0.4, -0.2) is 57.2 Å². The molecule has 0 unspecified atom stereocenters. The number of fused-ring (bicyclic) bond motifs is 1. The van der Waals surface area contributed by atoms with E-state index in [4.69, 9.17) is 16.2 Å². The molecule has 0 radical (unpaired) electrons. The van der Waals surface area contributed by atoms with Crippen LogP contribution in [0.2, 0.25) is 0 Å². The van der Waals surface area contributed by atoms with Crippen molar-refractivity contribution >= 4 is 42.5 Å². The Morgan fingerprint density at radius 1 is 0.970 bits per heavy atom. The van der Waals surface area contributed by atoms with Crippen LogP contribution in [0.25, 0.3) is 11.2 Å². The van der Waals surface area contributed by atoms with Gasteiger partial charge in [0, 0.05) is 17.1 Å². The summed E-state index contributed by atoms with van der Waals surface area (Å²) in [6.45, 7) is -0.00943. The summed E-state index contributed by atoms with van der Waals surface area (Å²) < 4.78 is 82.2. The predicted molar refractivity (Wildman–Crippen MR) is 114 cm³/mol. The number of hydrogen-bond acceptors (Lipinski definition) is 7. The van der Waals surface area contributed by atoms with E-state index in [1.54, 1.807) is 28.8 Å². The van der Waals surface area contributed by atoms with E-state index in [1.807, 2.05) is 0 Å². The summed E-state index contributed by atoms with van der Waals surface area (Å²) in [6.07, 6.45) is -11.6. The second-order valence-corrected chi connectivity index (χ2v) is 10.2. The fourth-order valence-corrected chi connectivity index (χ4v) is 5.40. The fourth-order valence-electron chi connectivity index (χ4n) is 2.83. The lowest BCUT2D eigenvalue weighted by molar-refractivity contribution is -0.112. The molecule has 15 heteroatoms. The molecule has 33 heavy (non-hydrogen) atoms. The first-order chi connectivity index (χ1) is 15.4. The number of halogens is 6. The second kappa shape index (κ2) is 10.3. The molecule has 0 saturated heterocycles. The number of hydrogen-bond donors (Lipinski definition) is 2. The monoisotopic (exact) mass is 512 g/mol. The topological polar surface area (TPSA) is 105 Å². The van der Waals surface area contributed by atoms with Crippen molar-refractivity contribution in [3.05, 3.63) is 30.6 Å². The maximum absolute atomic E-state index is 12.6. The molecule has 2 heterocycles. The Labute approximate surface area is 189 Å². The summed E-state index contributed by atoms with van der Waals surface area (Å²) in [5.74, 6) is -0.0120. The number of aromatic nitrogens is 4. The van der Waals surface area contributed by atoms with Crippen LogP contribution in [0.1, 0.15) is 0 Å². The van der Waals surface area contributed by atoms with E-state index in [0.717, 1.165) is 4.90 Å². The van der Waals surface area contributed by atoms with Gasteiger partial charge in [-0.2, -0.15) is 31.3 Å². The number of rotatable bonds is 9. The van der Waals surface area contributed by atoms with E-state index in [-0.39, 0.29) is 19.1 Å². The molecule has 180 valence electrons. The molecule has 0 bridgehead atoms. The number of anilines is 2. The molecule has 1 aromatic carbocycles. The first-order valence-corrected chi connectivity index (χ1v) is 12.1. The number of nitrogen functional groups attached to an aromatic ring is 2. The van der Waals surface area contributed by atoms with Crippen molar-refractivity contribution in [2.24, 2.45) is 0 Å². The minimum absolute atomic E-state index is 0.0120. The number of benzene rings is 1. The zero-order valence-corrected chi connectivity index (χ0v) is 18.6. The van der Waals surface area contributed by atoms with Gasteiger partial charge in [0.05, 0.1) is 31.6 Å². The number of imidazole rings is 1. The average Bonchev–Trinajstić information content (AvgIpc) is 3.07. The van der Waals surface area contributed by atoms with Gasteiger partial charge in [0.2, 0.25) is 5.95 Å². The minimum atomic E-state index is -4.69. The van der Waals surface area contributed by atoms with Crippen LogP contribution in [-0.2, 0) is 11.3 Å². The molecule has 0 aliphatic heterocycles. The summed E-state index contributed by atoms with van der Waals surface area (Å²) in [4.78, 5) is 13.5. The number of nitrogens with two attached hydrogens (primary N) is 2. The standard InChI is InChI=1S/C18H19F6N6OPS/c19-17(20,21)7-32(8-18(22,23)24)10-31-6-5-30-9-27-13-14(30)28-16(26)29-15(13)33-12-3-1-11(25)2-4-12/h1-4,9H,5-8,10,25H2,(H2,26,28,29). The molecule has 7 nitrogen and oxygen atoms in total. The Hall–Kier alpha value is -2.31. The summed E-state index contributed by atoms with van der Waals surface area (Å²) in [7, 11) is -2.44. The van der Waals surface area contributed by atoms with Crippen molar-refractivity contribution in [3.63, 3.8) is 0 Å². The van der Waals surface area contributed by atoms with Gasteiger partial charge in [-0.3, -0.25) is 0 Å². The van der Waals surface area contributed by atoms with E-state index in [2.05, 4.69) is 15.0 Å². The first kappa shape index (κ1) is 25.3. The highest BCUT2D eigenvalue weighted by molar-refractivity contribution is 7.99. The third-order valence-corrected chi connectivity index (χ3v) is 7.25. The molecule has 0 saturated carbocycles. The van der Waals surface area contributed by atoms with Crippen molar-refractivity contribution in [2.45, 2.75) is 28.8 Å². The van der Waals surface area contributed by atoms with Gasteiger partial charge in [-0.15, -0.1) is 0 Å². The van der Waals surface area contributed by atoms with Gasteiger partial charge in [-0.05, 0) is 24.3 Å². The maximum atomic E-state index is 12.6. The van der Waals surface area contributed by atoms with Crippen molar-refractivity contribution in [1.82, 2.24) is 19.5 Å². The Morgan fingerprint density at radius 2 is 1.61 bits per heavy atom. The van der Waals surface area contributed by atoms with Crippen LogP contribution in [0, 0.1) is 0 Å². The van der Waals surface area contributed by atoms with E-state index in [9.17, 15) is 26.3 Å². The van der Waals surface area contributed by atoms with Crippen molar-refractivity contribution in [1.29, 1.82) is 0 Å².